The number of aromatic nitrogens is 1. The van der Waals surface area contributed by atoms with E-state index in [2.05, 4.69) is 9.88 Å². The van der Waals surface area contributed by atoms with Gasteiger partial charge in [-0.15, -0.1) is 0 Å². The minimum absolute atomic E-state index is 0.0674. The van der Waals surface area contributed by atoms with Crippen molar-refractivity contribution in [2.45, 2.75) is 57.9 Å². The first-order chi connectivity index (χ1) is 14.7. The van der Waals surface area contributed by atoms with Gasteiger partial charge in [-0.25, -0.2) is 9.18 Å². The van der Waals surface area contributed by atoms with Crippen LogP contribution in [-0.2, 0) is 11.3 Å². The monoisotopic (exact) mass is 447 g/mol. The van der Waals surface area contributed by atoms with Crippen molar-refractivity contribution in [2.75, 3.05) is 18.0 Å². The molecule has 1 saturated heterocycles. The number of piperazine rings is 1. The molecule has 2 atom stereocenters. The van der Waals surface area contributed by atoms with Crippen LogP contribution in [0.1, 0.15) is 39.2 Å². The first-order valence-electron chi connectivity index (χ1n) is 10.5. The van der Waals surface area contributed by atoms with Gasteiger partial charge in [0.1, 0.15) is 23.8 Å². The van der Waals surface area contributed by atoms with Crippen LogP contribution in [0.15, 0.2) is 36.4 Å². The van der Waals surface area contributed by atoms with Gasteiger partial charge >= 0.3 is 6.09 Å². The van der Waals surface area contributed by atoms with E-state index in [0.717, 1.165) is 18.7 Å². The van der Waals surface area contributed by atoms with Gasteiger partial charge in [0.15, 0.2) is 0 Å². The topological polar surface area (TPSA) is 54.9 Å². The number of ether oxygens (including phenoxy) is 2. The largest absolute Gasteiger partial charge is 0.473 e. The number of rotatable bonds is 4. The minimum atomic E-state index is -0.510. The van der Waals surface area contributed by atoms with Gasteiger partial charge in [0.05, 0.1) is 12.1 Å². The number of carbonyl (C=O) groups is 1. The van der Waals surface area contributed by atoms with Crippen molar-refractivity contribution >= 4 is 23.5 Å². The van der Waals surface area contributed by atoms with Crippen LogP contribution in [0.5, 0.6) is 5.88 Å². The van der Waals surface area contributed by atoms with Gasteiger partial charge in [-0.1, -0.05) is 23.7 Å². The molecule has 2 aromatic rings. The van der Waals surface area contributed by atoms with Crippen molar-refractivity contribution in [3.05, 3.63) is 52.8 Å². The van der Waals surface area contributed by atoms with Crippen LogP contribution in [-0.4, -0.2) is 46.8 Å². The van der Waals surface area contributed by atoms with E-state index in [1.165, 1.54) is 6.07 Å². The van der Waals surface area contributed by atoms with E-state index in [4.69, 9.17) is 21.1 Å². The summed E-state index contributed by atoms with van der Waals surface area (Å²) >= 11 is 5.80. The summed E-state index contributed by atoms with van der Waals surface area (Å²) in [6, 6.07) is 10.4. The fourth-order valence-corrected chi connectivity index (χ4v) is 4.16. The fraction of sp³-hybridized carbons (Fsp3) is 0.478. The maximum absolute atomic E-state index is 14.0. The Labute approximate surface area is 186 Å². The smallest absolute Gasteiger partial charge is 0.410 e. The molecule has 2 heterocycles. The van der Waals surface area contributed by atoms with E-state index in [1.807, 2.05) is 37.8 Å². The van der Waals surface area contributed by atoms with Crippen LogP contribution in [0.3, 0.4) is 0 Å². The van der Waals surface area contributed by atoms with Gasteiger partial charge < -0.3 is 19.3 Å². The number of halogens is 2. The quantitative estimate of drug-likeness (QED) is 0.657. The van der Waals surface area contributed by atoms with Crippen LogP contribution < -0.4 is 9.64 Å². The van der Waals surface area contributed by atoms with Gasteiger partial charge in [-0.2, -0.15) is 4.98 Å². The second kappa shape index (κ2) is 8.54. The van der Waals surface area contributed by atoms with E-state index < -0.39 is 11.4 Å². The summed E-state index contributed by atoms with van der Waals surface area (Å²) in [5, 5.41) is 0.349. The van der Waals surface area contributed by atoms with E-state index in [9.17, 15) is 9.18 Å². The lowest BCUT2D eigenvalue weighted by Crippen LogP contribution is -2.66. The lowest BCUT2D eigenvalue weighted by atomic mass is 9.82. The number of carbonyl (C=O) groups excluding carboxylic acids is 1. The molecule has 6 nitrogen and oxygen atoms in total. The number of anilines is 1. The molecule has 1 aromatic carbocycles. The van der Waals surface area contributed by atoms with E-state index in [1.54, 1.807) is 18.2 Å². The van der Waals surface area contributed by atoms with Gasteiger partial charge in [0.25, 0.3) is 0 Å². The standard InChI is InChI=1S/C23H27ClFN3O3/c1-23(2,3)31-22(29)28-12-11-27(18-9-10-19(18)28)20-5-4-6-21(26-20)30-14-15-7-8-16(24)13-17(15)25/h4-8,13,18-19H,9-12,14H2,1-3H3/t18-,19-/m1/s1. The van der Waals surface area contributed by atoms with Gasteiger partial charge in [-0.3, -0.25) is 0 Å². The van der Waals surface area contributed by atoms with Gasteiger partial charge in [-0.05, 0) is 51.8 Å². The lowest BCUT2D eigenvalue weighted by Gasteiger charge is -2.53. The number of nitrogens with zero attached hydrogens (tertiary/aromatic N) is 3. The Morgan fingerprint density at radius 1 is 1.19 bits per heavy atom. The average molecular weight is 448 g/mol. The maximum Gasteiger partial charge on any atom is 0.410 e. The average Bonchev–Trinajstić information content (AvgIpc) is 2.66. The lowest BCUT2D eigenvalue weighted by molar-refractivity contribution is -0.00458. The summed E-state index contributed by atoms with van der Waals surface area (Å²) in [5.74, 6) is 0.823. The summed E-state index contributed by atoms with van der Waals surface area (Å²) in [4.78, 5) is 21.3. The van der Waals surface area contributed by atoms with Crippen molar-refractivity contribution in [2.24, 2.45) is 0 Å². The van der Waals surface area contributed by atoms with Crippen molar-refractivity contribution < 1.29 is 18.7 Å². The first kappa shape index (κ1) is 21.7. The number of amides is 1. The van der Waals surface area contributed by atoms with Crippen LogP contribution in [0.2, 0.25) is 5.02 Å². The molecule has 0 unspecified atom stereocenters. The molecule has 1 aliphatic carbocycles. The molecule has 0 bridgehead atoms. The zero-order chi connectivity index (χ0) is 22.2. The van der Waals surface area contributed by atoms with E-state index >= 15 is 0 Å². The number of benzene rings is 1. The third-order valence-electron chi connectivity index (χ3n) is 5.61. The first-order valence-corrected chi connectivity index (χ1v) is 10.9. The Kier molecular flexibility index (Phi) is 5.97. The second-order valence-electron chi connectivity index (χ2n) is 8.94. The Bertz CT molecular complexity index is 965. The molecule has 1 saturated carbocycles. The van der Waals surface area contributed by atoms with E-state index in [-0.39, 0.29) is 24.8 Å². The summed E-state index contributed by atoms with van der Waals surface area (Å²) in [6.07, 6.45) is 1.69. The molecule has 4 rings (SSSR count). The van der Waals surface area contributed by atoms with Crippen molar-refractivity contribution in [1.29, 1.82) is 0 Å². The molecule has 1 aromatic heterocycles. The predicted molar refractivity (Wildman–Crippen MR) is 117 cm³/mol. The van der Waals surface area contributed by atoms with Gasteiger partial charge in [0.2, 0.25) is 5.88 Å². The highest BCUT2D eigenvalue weighted by atomic mass is 35.5. The molecular weight excluding hydrogens is 421 g/mol. The Morgan fingerprint density at radius 3 is 2.65 bits per heavy atom. The van der Waals surface area contributed by atoms with E-state index in [0.29, 0.717) is 29.6 Å². The Balaban J connectivity index is 1.42. The third-order valence-corrected chi connectivity index (χ3v) is 5.84. The molecular formula is C23H27ClFN3O3. The Hall–Kier alpha value is -2.54. The summed E-state index contributed by atoms with van der Waals surface area (Å²) in [7, 11) is 0. The normalized spacial score (nSPS) is 20.7. The number of hydrogen-bond donors (Lipinski definition) is 0. The second-order valence-corrected chi connectivity index (χ2v) is 9.37. The highest BCUT2D eigenvalue weighted by molar-refractivity contribution is 6.30. The van der Waals surface area contributed by atoms with Crippen molar-refractivity contribution in [3.8, 4) is 5.88 Å². The molecule has 2 fully saturated rings. The minimum Gasteiger partial charge on any atom is -0.473 e. The molecule has 1 aliphatic heterocycles. The number of pyridine rings is 1. The number of hydrogen-bond acceptors (Lipinski definition) is 5. The maximum atomic E-state index is 14.0. The van der Waals surface area contributed by atoms with Crippen LogP contribution >= 0.6 is 11.6 Å². The molecule has 0 radical (unpaired) electrons. The van der Waals surface area contributed by atoms with Gasteiger partial charge in [0, 0.05) is 29.7 Å². The highest BCUT2D eigenvalue weighted by Gasteiger charge is 2.46. The molecule has 31 heavy (non-hydrogen) atoms. The summed E-state index contributed by atoms with van der Waals surface area (Å²) in [5.41, 5.74) is -0.0915. The van der Waals surface area contributed by atoms with Crippen LogP contribution in [0, 0.1) is 5.82 Å². The zero-order valence-corrected chi connectivity index (χ0v) is 18.7. The Morgan fingerprint density at radius 2 is 1.97 bits per heavy atom. The SMILES string of the molecule is CC(C)(C)OC(=O)N1CCN(c2cccc(OCc3ccc(Cl)cc3F)n2)[C@@H]2CC[C@H]21. The zero-order valence-electron chi connectivity index (χ0n) is 18.0. The van der Waals surface area contributed by atoms with Crippen LogP contribution in [0.25, 0.3) is 0 Å². The molecule has 0 spiro atoms. The molecule has 1 amide bonds. The molecule has 2 aliphatic rings. The molecule has 166 valence electrons. The fourth-order valence-electron chi connectivity index (χ4n) is 4.01. The molecule has 0 N–H and O–H groups in total. The highest BCUT2D eigenvalue weighted by Crippen LogP contribution is 2.37. The predicted octanol–water partition coefficient (Wildman–Crippen LogP) is 5.04. The molecule has 8 heteroatoms. The third kappa shape index (κ3) is 4.87. The summed E-state index contributed by atoms with van der Waals surface area (Å²) < 4.78 is 25.3. The summed E-state index contributed by atoms with van der Waals surface area (Å²) in [6.45, 7) is 6.96. The van der Waals surface area contributed by atoms with Crippen molar-refractivity contribution in [1.82, 2.24) is 9.88 Å². The van der Waals surface area contributed by atoms with Crippen molar-refractivity contribution in [3.63, 3.8) is 0 Å². The van der Waals surface area contributed by atoms with Crippen LogP contribution in [0.4, 0.5) is 15.0 Å². The number of fused-ring (bicyclic) bond motifs is 1.